The molecule has 0 saturated heterocycles. The molecule has 1 aliphatic carbocycles. The molecule has 4 nitrogen and oxygen atoms in total. The van der Waals surface area contributed by atoms with E-state index in [0.29, 0.717) is 24.5 Å². The van der Waals surface area contributed by atoms with E-state index in [9.17, 15) is 4.79 Å². The van der Waals surface area contributed by atoms with Crippen molar-refractivity contribution in [1.29, 1.82) is 0 Å². The summed E-state index contributed by atoms with van der Waals surface area (Å²) >= 11 is 0. The highest BCUT2D eigenvalue weighted by atomic mass is 16.6. The number of hydrogen-bond donors (Lipinski definition) is 1. The number of rotatable bonds is 2. The third kappa shape index (κ3) is 1.65. The Morgan fingerprint density at radius 1 is 1.64 bits per heavy atom. The Morgan fingerprint density at radius 3 is 3.21 bits per heavy atom. The summed E-state index contributed by atoms with van der Waals surface area (Å²) in [4.78, 5) is 10.6. The standard InChI is InChI=1S/C10H12O4/c11-4-7-1-2-9-10(3-7)14-8(5-12)6-13-9/h1-2,4,7-8,12H,3,5-6H2. The zero-order valence-electron chi connectivity index (χ0n) is 7.68. The van der Waals surface area contributed by atoms with Crippen molar-refractivity contribution in [2.24, 2.45) is 5.92 Å². The molecule has 0 fully saturated rings. The third-order valence-corrected chi connectivity index (χ3v) is 2.30. The van der Waals surface area contributed by atoms with E-state index in [1.54, 1.807) is 12.2 Å². The van der Waals surface area contributed by atoms with E-state index in [-0.39, 0.29) is 18.6 Å². The molecule has 0 aromatic rings. The Morgan fingerprint density at radius 2 is 2.50 bits per heavy atom. The van der Waals surface area contributed by atoms with Crippen LogP contribution in [0.3, 0.4) is 0 Å². The SMILES string of the molecule is O=CC1C=CC2=C(C1)OC(CO)CO2. The van der Waals surface area contributed by atoms with E-state index in [1.165, 1.54) is 0 Å². The lowest BCUT2D eigenvalue weighted by Crippen LogP contribution is -2.30. The van der Waals surface area contributed by atoms with Gasteiger partial charge in [-0.15, -0.1) is 0 Å². The second kappa shape index (κ2) is 3.84. The van der Waals surface area contributed by atoms with Gasteiger partial charge in [0.1, 0.15) is 18.7 Å². The molecule has 1 N–H and O–H groups in total. The first-order valence-electron chi connectivity index (χ1n) is 4.60. The van der Waals surface area contributed by atoms with Crippen LogP contribution in [0.1, 0.15) is 6.42 Å². The van der Waals surface area contributed by atoms with Gasteiger partial charge >= 0.3 is 0 Å². The molecule has 2 rings (SSSR count). The highest BCUT2D eigenvalue weighted by Gasteiger charge is 2.26. The van der Waals surface area contributed by atoms with E-state index >= 15 is 0 Å². The van der Waals surface area contributed by atoms with Crippen LogP contribution in [0.15, 0.2) is 23.7 Å². The van der Waals surface area contributed by atoms with Gasteiger partial charge in [0, 0.05) is 12.3 Å². The zero-order valence-corrected chi connectivity index (χ0v) is 7.68. The molecule has 0 aromatic carbocycles. The quantitative estimate of drug-likeness (QED) is 0.649. The molecular formula is C10H12O4. The van der Waals surface area contributed by atoms with Gasteiger partial charge in [0.15, 0.2) is 11.9 Å². The van der Waals surface area contributed by atoms with Crippen molar-refractivity contribution in [3.63, 3.8) is 0 Å². The Labute approximate surface area is 81.8 Å². The molecular weight excluding hydrogens is 184 g/mol. The van der Waals surface area contributed by atoms with Crippen LogP contribution in [0.5, 0.6) is 0 Å². The summed E-state index contributed by atoms with van der Waals surface area (Å²) in [7, 11) is 0. The van der Waals surface area contributed by atoms with Crippen LogP contribution in [-0.2, 0) is 14.3 Å². The topological polar surface area (TPSA) is 55.8 Å². The summed E-state index contributed by atoms with van der Waals surface area (Å²) < 4.78 is 10.8. The van der Waals surface area contributed by atoms with Crippen LogP contribution in [-0.4, -0.2) is 30.7 Å². The van der Waals surface area contributed by atoms with E-state index in [4.69, 9.17) is 14.6 Å². The number of carbonyl (C=O) groups is 1. The second-order valence-electron chi connectivity index (χ2n) is 3.38. The number of carbonyl (C=O) groups excluding carboxylic acids is 1. The predicted octanol–water partition coefficient (Wildman–Crippen LogP) is 0.381. The molecule has 1 aliphatic heterocycles. The molecule has 0 bridgehead atoms. The molecule has 2 atom stereocenters. The minimum atomic E-state index is -0.299. The predicted molar refractivity (Wildman–Crippen MR) is 48.2 cm³/mol. The van der Waals surface area contributed by atoms with Crippen LogP contribution < -0.4 is 0 Å². The average molecular weight is 196 g/mol. The minimum absolute atomic E-state index is 0.0632. The number of ether oxygens (including phenoxy) is 2. The Bertz CT molecular complexity index is 292. The van der Waals surface area contributed by atoms with Gasteiger partial charge in [-0.1, -0.05) is 6.08 Å². The fraction of sp³-hybridized carbons (Fsp3) is 0.500. The summed E-state index contributed by atoms with van der Waals surface area (Å²) in [6, 6.07) is 0. The fourth-order valence-electron chi connectivity index (χ4n) is 1.52. The van der Waals surface area contributed by atoms with E-state index in [2.05, 4.69) is 0 Å². The largest absolute Gasteiger partial charge is 0.486 e. The molecule has 0 radical (unpaired) electrons. The zero-order chi connectivity index (χ0) is 9.97. The monoisotopic (exact) mass is 196 g/mol. The maximum atomic E-state index is 10.6. The maximum absolute atomic E-state index is 10.6. The minimum Gasteiger partial charge on any atom is -0.486 e. The highest BCUT2D eigenvalue weighted by molar-refractivity contribution is 5.58. The summed E-state index contributed by atoms with van der Waals surface area (Å²) in [5.74, 6) is 1.23. The normalized spacial score (nSPS) is 30.4. The van der Waals surface area contributed by atoms with Crippen LogP contribution in [0.2, 0.25) is 0 Å². The van der Waals surface area contributed by atoms with Crippen LogP contribution in [0, 0.1) is 5.92 Å². The van der Waals surface area contributed by atoms with Crippen molar-refractivity contribution >= 4 is 6.29 Å². The first-order chi connectivity index (χ1) is 6.83. The summed E-state index contributed by atoms with van der Waals surface area (Å²) in [6.45, 7) is 0.303. The lowest BCUT2D eigenvalue weighted by molar-refractivity contribution is -0.110. The summed E-state index contributed by atoms with van der Waals surface area (Å²) in [5.41, 5.74) is 0. The van der Waals surface area contributed by atoms with Gasteiger partial charge in [0.05, 0.1) is 6.61 Å². The number of allylic oxidation sites excluding steroid dienone is 3. The molecule has 76 valence electrons. The first-order valence-corrected chi connectivity index (χ1v) is 4.60. The van der Waals surface area contributed by atoms with Gasteiger partial charge in [0.2, 0.25) is 0 Å². The molecule has 2 aliphatic rings. The van der Waals surface area contributed by atoms with Gasteiger partial charge in [-0.25, -0.2) is 0 Å². The Balaban J connectivity index is 2.11. The van der Waals surface area contributed by atoms with Crippen molar-refractivity contribution < 1.29 is 19.4 Å². The molecule has 14 heavy (non-hydrogen) atoms. The fourth-order valence-corrected chi connectivity index (χ4v) is 1.52. The second-order valence-corrected chi connectivity index (χ2v) is 3.38. The molecule has 2 unspecified atom stereocenters. The lowest BCUT2D eigenvalue weighted by Gasteiger charge is -2.29. The molecule has 1 heterocycles. The number of aliphatic hydroxyl groups is 1. The van der Waals surface area contributed by atoms with Crippen LogP contribution in [0.4, 0.5) is 0 Å². The average Bonchev–Trinajstić information content (AvgIpc) is 2.27. The number of aldehydes is 1. The molecule has 0 saturated carbocycles. The lowest BCUT2D eigenvalue weighted by atomic mass is 9.99. The van der Waals surface area contributed by atoms with E-state index in [0.717, 1.165) is 6.29 Å². The highest BCUT2D eigenvalue weighted by Crippen LogP contribution is 2.28. The molecule has 0 aromatic heterocycles. The van der Waals surface area contributed by atoms with Gasteiger partial charge in [-0.2, -0.15) is 0 Å². The Kier molecular flexibility index (Phi) is 2.54. The summed E-state index contributed by atoms with van der Waals surface area (Å²) in [6.07, 6.45) is 4.67. The Hall–Kier alpha value is -1.29. The van der Waals surface area contributed by atoms with Gasteiger partial charge < -0.3 is 19.4 Å². The summed E-state index contributed by atoms with van der Waals surface area (Å²) in [5, 5.41) is 8.89. The van der Waals surface area contributed by atoms with Gasteiger partial charge in [-0.3, -0.25) is 0 Å². The van der Waals surface area contributed by atoms with Crippen molar-refractivity contribution in [2.75, 3.05) is 13.2 Å². The number of aliphatic hydroxyl groups excluding tert-OH is 1. The van der Waals surface area contributed by atoms with Crippen LogP contribution >= 0.6 is 0 Å². The van der Waals surface area contributed by atoms with E-state index in [1.807, 2.05) is 0 Å². The molecule has 0 amide bonds. The maximum Gasteiger partial charge on any atom is 0.156 e. The smallest absolute Gasteiger partial charge is 0.156 e. The van der Waals surface area contributed by atoms with Gasteiger partial charge in [0.25, 0.3) is 0 Å². The van der Waals surface area contributed by atoms with Gasteiger partial charge in [-0.05, 0) is 6.08 Å². The van der Waals surface area contributed by atoms with Crippen molar-refractivity contribution in [2.45, 2.75) is 12.5 Å². The first kappa shape index (κ1) is 9.27. The molecule has 0 spiro atoms. The molecule has 4 heteroatoms. The van der Waals surface area contributed by atoms with Crippen molar-refractivity contribution in [1.82, 2.24) is 0 Å². The number of hydrogen-bond acceptors (Lipinski definition) is 4. The van der Waals surface area contributed by atoms with E-state index < -0.39 is 0 Å². The van der Waals surface area contributed by atoms with Crippen molar-refractivity contribution in [3.8, 4) is 0 Å². The van der Waals surface area contributed by atoms with Crippen LogP contribution in [0.25, 0.3) is 0 Å². The van der Waals surface area contributed by atoms with Crippen molar-refractivity contribution in [3.05, 3.63) is 23.7 Å². The third-order valence-electron chi connectivity index (χ3n) is 2.30.